The van der Waals surface area contributed by atoms with Gasteiger partial charge in [0.25, 0.3) is 0 Å². The van der Waals surface area contributed by atoms with Crippen LogP contribution in [0.5, 0.6) is 5.75 Å². The van der Waals surface area contributed by atoms with Crippen molar-refractivity contribution in [3.05, 3.63) is 47.8 Å². The van der Waals surface area contributed by atoms with Gasteiger partial charge in [0.1, 0.15) is 5.75 Å². The predicted octanol–water partition coefficient (Wildman–Crippen LogP) is 3.30. The second-order valence-corrected chi connectivity index (χ2v) is 5.25. The van der Waals surface area contributed by atoms with Gasteiger partial charge in [0.2, 0.25) is 0 Å². The van der Waals surface area contributed by atoms with Crippen LogP contribution in [0, 0.1) is 0 Å². The second-order valence-electron chi connectivity index (χ2n) is 5.25. The minimum atomic E-state index is 0.180. The molecule has 1 aromatic heterocycles. The maximum Gasteiger partial charge on any atom is 0.119 e. The summed E-state index contributed by atoms with van der Waals surface area (Å²) in [5, 5.41) is 7.86. The highest BCUT2D eigenvalue weighted by Gasteiger charge is 2.14. The lowest BCUT2D eigenvalue weighted by atomic mass is 10.0. The summed E-state index contributed by atoms with van der Waals surface area (Å²) in [6.45, 7) is 6.03. The molecular weight excluding hydrogens is 262 g/mol. The van der Waals surface area contributed by atoms with Gasteiger partial charge in [0.15, 0.2) is 0 Å². The number of aromatic nitrogens is 2. The van der Waals surface area contributed by atoms with Crippen molar-refractivity contribution in [3.8, 4) is 5.75 Å². The number of nitrogens with one attached hydrogen (secondary N) is 1. The van der Waals surface area contributed by atoms with E-state index in [1.54, 1.807) is 0 Å². The molecule has 114 valence electrons. The number of hydrogen-bond acceptors (Lipinski definition) is 3. The van der Waals surface area contributed by atoms with Gasteiger partial charge >= 0.3 is 0 Å². The fourth-order valence-corrected chi connectivity index (χ4v) is 2.28. The summed E-state index contributed by atoms with van der Waals surface area (Å²) in [4.78, 5) is 0. The lowest BCUT2D eigenvalue weighted by Crippen LogP contribution is -2.22. The van der Waals surface area contributed by atoms with Gasteiger partial charge in [0.05, 0.1) is 18.8 Å². The van der Waals surface area contributed by atoms with E-state index >= 15 is 0 Å². The lowest BCUT2D eigenvalue weighted by Gasteiger charge is -2.18. The molecule has 1 unspecified atom stereocenters. The first kappa shape index (κ1) is 15.6. The Morgan fingerprint density at radius 2 is 1.90 bits per heavy atom. The van der Waals surface area contributed by atoms with Crippen LogP contribution in [0.4, 0.5) is 0 Å². The third-order valence-corrected chi connectivity index (χ3v) is 3.34. The van der Waals surface area contributed by atoms with Gasteiger partial charge in [-0.1, -0.05) is 26.0 Å². The van der Waals surface area contributed by atoms with E-state index in [1.807, 2.05) is 30.1 Å². The fourth-order valence-electron chi connectivity index (χ4n) is 2.28. The zero-order valence-corrected chi connectivity index (χ0v) is 13.2. The lowest BCUT2D eigenvalue weighted by molar-refractivity contribution is 0.317. The molecule has 1 atom stereocenters. The van der Waals surface area contributed by atoms with Crippen molar-refractivity contribution in [1.29, 1.82) is 0 Å². The van der Waals surface area contributed by atoms with Crippen LogP contribution in [-0.2, 0) is 7.05 Å². The molecule has 21 heavy (non-hydrogen) atoms. The van der Waals surface area contributed by atoms with Crippen LogP contribution in [0.3, 0.4) is 0 Å². The van der Waals surface area contributed by atoms with Crippen LogP contribution in [0.25, 0.3) is 0 Å². The molecule has 0 spiro atoms. The molecule has 4 heteroatoms. The maximum absolute atomic E-state index is 5.64. The van der Waals surface area contributed by atoms with Crippen molar-refractivity contribution in [2.24, 2.45) is 7.05 Å². The molecule has 1 heterocycles. The first-order valence-corrected chi connectivity index (χ1v) is 7.69. The third-order valence-electron chi connectivity index (χ3n) is 3.34. The highest BCUT2D eigenvalue weighted by molar-refractivity contribution is 5.34. The molecule has 0 bridgehead atoms. The summed E-state index contributed by atoms with van der Waals surface area (Å²) in [7, 11) is 1.95. The number of hydrogen-bond donors (Lipinski definition) is 1. The van der Waals surface area contributed by atoms with E-state index in [0.29, 0.717) is 0 Å². The molecule has 2 aromatic rings. The van der Waals surface area contributed by atoms with Crippen LogP contribution < -0.4 is 10.1 Å². The molecule has 0 radical (unpaired) electrons. The minimum absolute atomic E-state index is 0.180. The van der Waals surface area contributed by atoms with Gasteiger partial charge in [-0.3, -0.25) is 4.68 Å². The Morgan fingerprint density at radius 3 is 2.48 bits per heavy atom. The van der Waals surface area contributed by atoms with E-state index in [1.165, 1.54) is 11.1 Å². The highest BCUT2D eigenvalue weighted by atomic mass is 16.5. The normalized spacial score (nSPS) is 12.3. The Balaban J connectivity index is 2.16. The van der Waals surface area contributed by atoms with Crippen LogP contribution >= 0.6 is 0 Å². The molecule has 0 aliphatic rings. The first-order valence-electron chi connectivity index (χ1n) is 7.69. The van der Waals surface area contributed by atoms with Crippen LogP contribution in [0.15, 0.2) is 36.7 Å². The van der Waals surface area contributed by atoms with Gasteiger partial charge in [-0.25, -0.2) is 0 Å². The van der Waals surface area contributed by atoms with Crippen LogP contribution in [-0.4, -0.2) is 22.9 Å². The van der Waals surface area contributed by atoms with E-state index in [9.17, 15) is 0 Å². The Morgan fingerprint density at radius 1 is 1.14 bits per heavy atom. The molecule has 0 fully saturated rings. The largest absolute Gasteiger partial charge is 0.494 e. The monoisotopic (exact) mass is 287 g/mol. The summed E-state index contributed by atoms with van der Waals surface area (Å²) in [6.07, 6.45) is 6.12. The summed E-state index contributed by atoms with van der Waals surface area (Å²) in [5.74, 6) is 0.932. The van der Waals surface area contributed by atoms with E-state index in [2.05, 4.69) is 42.6 Å². The van der Waals surface area contributed by atoms with E-state index in [4.69, 9.17) is 4.74 Å². The number of ether oxygens (including phenoxy) is 1. The quantitative estimate of drug-likeness (QED) is 0.809. The zero-order valence-electron chi connectivity index (χ0n) is 13.2. The molecule has 0 saturated heterocycles. The molecule has 2 rings (SSSR count). The van der Waals surface area contributed by atoms with E-state index < -0.39 is 0 Å². The number of aryl methyl sites for hydroxylation is 1. The fraction of sp³-hybridized carbons (Fsp3) is 0.471. The number of benzene rings is 1. The topological polar surface area (TPSA) is 39.1 Å². The maximum atomic E-state index is 5.64. The molecule has 0 amide bonds. The number of nitrogens with zero attached hydrogens (tertiary/aromatic N) is 2. The molecule has 1 aromatic carbocycles. The van der Waals surface area contributed by atoms with Gasteiger partial charge in [-0.2, -0.15) is 5.10 Å². The van der Waals surface area contributed by atoms with Gasteiger partial charge in [-0.05, 0) is 37.1 Å². The Kier molecular flexibility index (Phi) is 5.81. The van der Waals surface area contributed by atoms with Crippen molar-refractivity contribution < 1.29 is 4.74 Å². The summed E-state index contributed by atoms with van der Waals surface area (Å²) < 4.78 is 7.49. The average molecular weight is 287 g/mol. The molecule has 4 nitrogen and oxygen atoms in total. The van der Waals surface area contributed by atoms with Gasteiger partial charge < -0.3 is 10.1 Å². The van der Waals surface area contributed by atoms with Crippen molar-refractivity contribution in [3.63, 3.8) is 0 Å². The van der Waals surface area contributed by atoms with E-state index in [0.717, 1.165) is 31.7 Å². The SMILES string of the molecule is CCCNC(c1ccc(OCCC)cc1)c1cnn(C)c1. The van der Waals surface area contributed by atoms with Crippen molar-refractivity contribution in [2.45, 2.75) is 32.7 Å². The zero-order chi connectivity index (χ0) is 15.1. The standard InChI is InChI=1S/C17H25N3O/c1-4-10-18-17(15-12-19-20(3)13-15)14-6-8-16(9-7-14)21-11-5-2/h6-9,12-13,17-18H,4-5,10-11H2,1-3H3. The molecule has 0 aliphatic heterocycles. The third kappa shape index (κ3) is 4.33. The molecule has 0 aliphatic carbocycles. The molecule has 0 saturated carbocycles. The summed E-state index contributed by atoms with van der Waals surface area (Å²) in [5.41, 5.74) is 2.42. The van der Waals surface area contributed by atoms with Gasteiger partial charge in [-0.15, -0.1) is 0 Å². The van der Waals surface area contributed by atoms with Crippen molar-refractivity contribution in [1.82, 2.24) is 15.1 Å². The molecular formula is C17H25N3O. The molecule has 1 N–H and O–H groups in total. The Hall–Kier alpha value is -1.81. The average Bonchev–Trinajstić information content (AvgIpc) is 2.93. The number of rotatable bonds is 8. The van der Waals surface area contributed by atoms with Crippen LogP contribution in [0.1, 0.15) is 43.9 Å². The van der Waals surface area contributed by atoms with Crippen LogP contribution in [0.2, 0.25) is 0 Å². The van der Waals surface area contributed by atoms with Crippen molar-refractivity contribution in [2.75, 3.05) is 13.2 Å². The van der Waals surface area contributed by atoms with E-state index in [-0.39, 0.29) is 6.04 Å². The van der Waals surface area contributed by atoms with Gasteiger partial charge in [0, 0.05) is 18.8 Å². The smallest absolute Gasteiger partial charge is 0.119 e. The first-order chi connectivity index (χ1) is 10.2. The minimum Gasteiger partial charge on any atom is -0.494 e. The highest BCUT2D eigenvalue weighted by Crippen LogP contribution is 2.24. The second kappa shape index (κ2) is 7.84. The van der Waals surface area contributed by atoms with Crippen molar-refractivity contribution >= 4 is 0 Å². The summed E-state index contributed by atoms with van der Waals surface area (Å²) in [6, 6.07) is 8.53. The Labute approximate surface area is 127 Å². The Bertz CT molecular complexity index is 533. The predicted molar refractivity (Wildman–Crippen MR) is 85.6 cm³/mol. The summed E-state index contributed by atoms with van der Waals surface area (Å²) >= 11 is 0.